The van der Waals surface area contributed by atoms with E-state index < -0.39 is 0 Å². The fraction of sp³-hybridized carbons (Fsp3) is 0.211. The molecule has 3 rings (SSSR count). The average molecular weight is 337 g/mol. The van der Waals surface area contributed by atoms with E-state index >= 15 is 0 Å². The van der Waals surface area contributed by atoms with Crippen LogP contribution in [0.3, 0.4) is 0 Å². The van der Waals surface area contributed by atoms with Crippen LogP contribution in [-0.4, -0.2) is 29.3 Å². The van der Waals surface area contributed by atoms with Gasteiger partial charge in [0.15, 0.2) is 0 Å². The first-order valence-corrected chi connectivity index (χ1v) is 8.13. The van der Waals surface area contributed by atoms with E-state index in [0.29, 0.717) is 37.8 Å². The van der Waals surface area contributed by atoms with Crippen molar-refractivity contribution in [2.24, 2.45) is 0 Å². The van der Waals surface area contributed by atoms with Crippen LogP contribution in [-0.2, 0) is 11.2 Å². The number of nitrogens with one attached hydrogen (secondary N) is 1. The Morgan fingerprint density at radius 1 is 1.00 bits per heavy atom. The van der Waals surface area contributed by atoms with Gasteiger partial charge in [0.25, 0.3) is 0 Å². The molecular weight excluding hydrogens is 318 g/mol. The summed E-state index contributed by atoms with van der Waals surface area (Å²) in [6.45, 7) is 0.876. The van der Waals surface area contributed by atoms with E-state index in [4.69, 9.17) is 9.15 Å². The summed E-state index contributed by atoms with van der Waals surface area (Å²) in [4.78, 5) is 11.8. The van der Waals surface area contributed by atoms with Gasteiger partial charge in [0, 0.05) is 18.4 Å². The van der Waals surface area contributed by atoms with Gasteiger partial charge in [0.05, 0.1) is 6.54 Å². The minimum Gasteiger partial charge on any atom is -0.492 e. The largest absolute Gasteiger partial charge is 0.492 e. The number of carbonyl (C=O) groups excluding carboxylic acids is 1. The number of rotatable bonds is 8. The molecule has 25 heavy (non-hydrogen) atoms. The quantitative estimate of drug-likeness (QED) is 0.640. The van der Waals surface area contributed by atoms with Gasteiger partial charge in [-0.25, -0.2) is 0 Å². The van der Waals surface area contributed by atoms with Gasteiger partial charge in [-0.2, -0.15) is 0 Å². The number of amides is 1. The molecule has 0 spiro atoms. The van der Waals surface area contributed by atoms with E-state index in [-0.39, 0.29) is 5.91 Å². The summed E-state index contributed by atoms with van der Waals surface area (Å²) >= 11 is 0. The van der Waals surface area contributed by atoms with Gasteiger partial charge >= 0.3 is 0 Å². The molecule has 0 saturated carbocycles. The molecule has 0 atom stereocenters. The fourth-order valence-corrected chi connectivity index (χ4v) is 2.24. The number of aryl methyl sites for hydroxylation is 1. The molecule has 0 fully saturated rings. The van der Waals surface area contributed by atoms with E-state index in [9.17, 15) is 4.79 Å². The molecule has 3 aromatic rings. The number of carbonyl (C=O) groups is 1. The second kappa shape index (κ2) is 8.63. The van der Waals surface area contributed by atoms with Crippen LogP contribution in [0, 0.1) is 0 Å². The Balaban J connectivity index is 1.37. The minimum absolute atomic E-state index is 0.0730. The Morgan fingerprint density at radius 2 is 1.72 bits per heavy atom. The van der Waals surface area contributed by atoms with Crippen LogP contribution in [0.1, 0.15) is 12.3 Å². The second-order valence-corrected chi connectivity index (χ2v) is 5.38. The van der Waals surface area contributed by atoms with E-state index in [1.165, 1.54) is 0 Å². The molecule has 0 bridgehead atoms. The van der Waals surface area contributed by atoms with Gasteiger partial charge < -0.3 is 14.5 Å². The highest BCUT2D eigenvalue weighted by atomic mass is 16.5. The Kier molecular flexibility index (Phi) is 5.77. The highest BCUT2D eigenvalue weighted by molar-refractivity contribution is 5.76. The molecule has 6 heteroatoms. The smallest absolute Gasteiger partial charge is 0.247 e. The van der Waals surface area contributed by atoms with Crippen LogP contribution < -0.4 is 10.1 Å². The second-order valence-electron chi connectivity index (χ2n) is 5.38. The molecule has 2 aromatic carbocycles. The van der Waals surface area contributed by atoms with E-state index in [1.54, 1.807) is 0 Å². The summed E-state index contributed by atoms with van der Waals surface area (Å²) in [5.74, 6) is 1.63. The van der Waals surface area contributed by atoms with Crippen molar-refractivity contribution < 1.29 is 13.9 Å². The number of benzene rings is 2. The lowest BCUT2D eigenvalue weighted by Gasteiger charge is -2.07. The highest BCUT2D eigenvalue weighted by Crippen LogP contribution is 2.17. The van der Waals surface area contributed by atoms with Gasteiger partial charge in [0.1, 0.15) is 12.4 Å². The van der Waals surface area contributed by atoms with E-state index in [1.807, 2.05) is 60.7 Å². The van der Waals surface area contributed by atoms with Crippen molar-refractivity contribution in [1.82, 2.24) is 15.5 Å². The number of para-hydroxylation sites is 1. The zero-order valence-electron chi connectivity index (χ0n) is 13.7. The van der Waals surface area contributed by atoms with Gasteiger partial charge in [0.2, 0.25) is 17.7 Å². The molecule has 0 saturated heterocycles. The van der Waals surface area contributed by atoms with Crippen LogP contribution in [0.15, 0.2) is 65.1 Å². The fourth-order valence-electron chi connectivity index (χ4n) is 2.24. The SMILES string of the molecule is O=C(CCc1nnc(-c2ccccc2)o1)NCCOc1ccccc1. The number of hydrogen-bond acceptors (Lipinski definition) is 5. The van der Waals surface area contributed by atoms with Crippen molar-refractivity contribution in [2.45, 2.75) is 12.8 Å². The minimum atomic E-state index is -0.0730. The maximum Gasteiger partial charge on any atom is 0.247 e. The summed E-state index contributed by atoms with van der Waals surface area (Å²) in [5, 5.41) is 10.8. The zero-order chi connectivity index (χ0) is 17.3. The molecule has 0 radical (unpaired) electrons. The molecule has 1 amide bonds. The van der Waals surface area contributed by atoms with Gasteiger partial charge in [-0.3, -0.25) is 4.79 Å². The van der Waals surface area contributed by atoms with Crippen molar-refractivity contribution in [3.63, 3.8) is 0 Å². The molecule has 1 aromatic heterocycles. The Bertz CT molecular complexity index is 788. The van der Waals surface area contributed by atoms with E-state index in [2.05, 4.69) is 15.5 Å². The summed E-state index contributed by atoms with van der Waals surface area (Å²) in [7, 11) is 0. The maximum atomic E-state index is 11.8. The first kappa shape index (κ1) is 16.7. The number of aromatic nitrogens is 2. The maximum absolute atomic E-state index is 11.8. The number of ether oxygens (including phenoxy) is 1. The molecule has 0 unspecified atom stereocenters. The Morgan fingerprint density at radius 3 is 2.48 bits per heavy atom. The normalized spacial score (nSPS) is 10.4. The molecule has 128 valence electrons. The monoisotopic (exact) mass is 337 g/mol. The first-order chi connectivity index (χ1) is 12.3. The van der Waals surface area contributed by atoms with Crippen LogP contribution >= 0.6 is 0 Å². The van der Waals surface area contributed by atoms with Crippen LogP contribution in [0.2, 0.25) is 0 Å². The predicted molar refractivity (Wildman–Crippen MR) is 93.0 cm³/mol. The molecule has 0 aliphatic rings. The van der Waals surface area contributed by atoms with Gasteiger partial charge in [-0.1, -0.05) is 36.4 Å². The lowest BCUT2D eigenvalue weighted by Crippen LogP contribution is -2.28. The van der Waals surface area contributed by atoms with Crippen molar-refractivity contribution in [3.05, 3.63) is 66.6 Å². The van der Waals surface area contributed by atoms with Gasteiger partial charge in [-0.05, 0) is 24.3 Å². The van der Waals surface area contributed by atoms with Gasteiger partial charge in [-0.15, -0.1) is 10.2 Å². The third-order valence-corrected chi connectivity index (χ3v) is 3.49. The number of hydrogen-bond donors (Lipinski definition) is 1. The van der Waals surface area contributed by atoms with Crippen LogP contribution in [0.25, 0.3) is 11.5 Å². The molecular formula is C19H19N3O3. The van der Waals surface area contributed by atoms with E-state index in [0.717, 1.165) is 11.3 Å². The Labute approximate surface area is 145 Å². The van der Waals surface area contributed by atoms with Crippen LogP contribution in [0.4, 0.5) is 0 Å². The molecule has 1 heterocycles. The van der Waals surface area contributed by atoms with Crippen molar-refractivity contribution in [3.8, 4) is 17.2 Å². The Hall–Kier alpha value is -3.15. The zero-order valence-corrected chi connectivity index (χ0v) is 13.7. The molecule has 0 aliphatic carbocycles. The molecule has 0 aliphatic heterocycles. The summed E-state index contributed by atoms with van der Waals surface area (Å²) < 4.78 is 11.1. The average Bonchev–Trinajstić information content (AvgIpc) is 3.14. The van der Waals surface area contributed by atoms with Crippen molar-refractivity contribution in [2.75, 3.05) is 13.2 Å². The number of nitrogens with zero attached hydrogens (tertiary/aromatic N) is 2. The molecule has 6 nitrogen and oxygen atoms in total. The highest BCUT2D eigenvalue weighted by Gasteiger charge is 2.10. The topological polar surface area (TPSA) is 77.2 Å². The predicted octanol–water partition coefficient (Wildman–Crippen LogP) is 2.86. The summed E-state index contributed by atoms with van der Waals surface area (Å²) in [5.41, 5.74) is 0.865. The summed E-state index contributed by atoms with van der Waals surface area (Å²) in [6, 6.07) is 19.0. The first-order valence-electron chi connectivity index (χ1n) is 8.13. The van der Waals surface area contributed by atoms with Crippen molar-refractivity contribution >= 4 is 5.91 Å². The molecule has 1 N–H and O–H groups in total. The standard InChI is InChI=1S/C19H19N3O3/c23-17(20-13-14-24-16-9-5-2-6-10-16)11-12-18-21-22-19(25-18)15-7-3-1-4-8-15/h1-10H,11-14H2,(H,20,23). The third kappa shape index (κ3) is 5.17. The van der Waals surface area contributed by atoms with Crippen LogP contribution in [0.5, 0.6) is 5.75 Å². The lowest BCUT2D eigenvalue weighted by molar-refractivity contribution is -0.121. The third-order valence-electron chi connectivity index (χ3n) is 3.49. The summed E-state index contributed by atoms with van der Waals surface area (Å²) in [6.07, 6.45) is 0.701. The van der Waals surface area contributed by atoms with Crippen molar-refractivity contribution in [1.29, 1.82) is 0 Å². The lowest BCUT2D eigenvalue weighted by atomic mass is 10.2.